The van der Waals surface area contributed by atoms with E-state index in [1.165, 1.54) is 13.0 Å². The number of nitrogens with one attached hydrogen (secondary N) is 2. The molecule has 1 aromatic carbocycles. The summed E-state index contributed by atoms with van der Waals surface area (Å²) < 4.78 is 38.8. The van der Waals surface area contributed by atoms with Crippen molar-refractivity contribution in [3.63, 3.8) is 0 Å². The zero-order valence-corrected chi connectivity index (χ0v) is 17.4. The Bertz CT molecular complexity index is 734. The highest BCUT2D eigenvalue weighted by Crippen LogP contribution is 2.30. The predicted molar refractivity (Wildman–Crippen MR) is 106 cm³/mol. The molecule has 0 radical (unpaired) electrons. The number of benzene rings is 1. The molecule has 8 heteroatoms. The lowest BCUT2D eigenvalue weighted by molar-refractivity contribution is -0.137. The molecular weight excluding hydrogens is 383 g/mol. The molecule has 1 aliphatic rings. The molecule has 0 bridgehead atoms. The number of hydrogen-bond acceptors (Lipinski definition) is 3. The number of hydrogen-bond donors (Lipinski definition) is 2. The average molecular weight is 413 g/mol. The summed E-state index contributed by atoms with van der Waals surface area (Å²) in [5, 5.41) is 5.69. The van der Waals surface area contributed by atoms with Crippen LogP contribution in [0.5, 0.6) is 0 Å². The van der Waals surface area contributed by atoms with Crippen LogP contribution in [0.3, 0.4) is 0 Å². The minimum Gasteiger partial charge on any atom is -0.352 e. The van der Waals surface area contributed by atoms with E-state index in [1.54, 1.807) is 0 Å². The summed E-state index contributed by atoms with van der Waals surface area (Å²) in [7, 11) is 0. The van der Waals surface area contributed by atoms with Gasteiger partial charge in [0.15, 0.2) is 0 Å². The lowest BCUT2D eigenvalue weighted by Gasteiger charge is -2.32. The summed E-state index contributed by atoms with van der Waals surface area (Å²) in [6.45, 7) is 9.61. The van der Waals surface area contributed by atoms with Crippen LogP contribution in [0.2, 0.25) is 0 Å². The highest BCUT2D eigenvalue weighted by atomic mass is 19.4. The second-order valence-corrected chi connectivity index (χ2v) is 8.81. The third kappa shape index (κ3) is 7.68. The average Bonchev–Trinajstić information content (AvgIpc) is 2.58. The molecule has 1 heterocycles. The number of alkyl halides is 3. The van der Waals surface area contributed by atoms with Gasteiger partial charge in [-0.1, -0.05) is 0 Å². The lowest BCUT2D eigenvalue weighted by Crippen LogP contribution is -2.48. The predicted octanol–water partition coefficient (Wildman–Crippen LogP) is 3.37. The van der Waals surface area contributed by atoms with Gasteiger partial charge in [-0.05, 0) is 83.3 Å². The summed E-state index contributed by atoms with van der Waals surface area (Å²) in [5.41, 5.74) is -0.661. The van der Waals surface area contributed by atoms with Crippen molar-refractivity contribution in [3.8, 4) is 0 Å². The first-order chi connectivity index (χ1) is 13.3. The van der Waals surface area contributed by atoms with Gasteiger partial charge >= 0.3 is 6.18 Å². The molecule has 2 N–H and O–H groups in total. The largest absolute Gasteiger partial charge is 0.416 e. The molecule has 2 rings (SSSR count). The van der Waals surface area contributed by atoms with Gasteiger partial charge in [-0.3, -0.25) is 14.5 Å². The minimum atomic E-state index is -4.48. The van der Waals surface area contributed by atoms with E-state index in [4.69, 9.17) is 0 Å². The fourth-order valence-electron chi connectivity index (χ4n) is 3.43. The maximum Gasteiger partial charge on any atom is 0.416 e. The molecular formula is C21H30F3N3O2. The quantitative estimate of drug-likeness (QED) is 0.778. The van der Waals surface area contributed by atoms with Crippen LogP contribution < -0.4 is 10.6 Å². The van der Waals surface area contributed by atoms with Crippen LogP contribution in [0.25, 0.3) is 0 Å². The van der Waals surface area contributed by atoms with Crippen molar-refractivity contribution < 1.29 is 22.8 Å². The van der Waals surface area contributed by atoms with Gasteiger partial charge in [-0.15, -0.1) is 0 Å². The molecule has 0 unspecified atom stereocenters. The van der Waals surface area contributed by atoms with Crippen LogP contribution in [-0.2, 0) is 11.0 Å². The van der Waals surface area contributed by atoms with Crippen LogP contribution in [0.4, 0.5) is 13.2 Å². The van der Waals surface area contributed by atoms with Gasteiger partial charge in [0.25, 0.3) is 5.91 Å². The van der Waals surface area contributed by atoms with Gasteiger partial charge in [-0.2, -0.15) is 13.2 Å². The second-order valence-electron chi connectivity index (χ2n) is 8.81. The Labute approximate surface area is 170 Å². The summed E-state index contributed by atoms with van der Waals surface area (Å²) in [5.74, 6) is -0.261. The van der Waals surface area contributed by atoms with E-state index in [-0.39, 0.29) is 22.9 Å². The van der Waals surface area contributed by atoms with E-state index in [0.29, 0.717) is 18.7 Å². The summed E-state index contributed by atoms with van der Waals surface area (Å²) in [6.07, 6.45) is -2.83. The van der Waals surface area contributed by atoms with Crippen molar-refractivity contribution in [1.82, 2.24) is 15.5 Å². The molecule has 0 aliphatic carbocycles. The maximum atomic E-state index is 12.9. The maximum absolute atomic E-state index is 12.9. The monoisotopic (exact) mass is 413 g/mol. The van der Waals surface area contributed by atoms with Gasteiger partial charge in [0.1, 0.15) is 0 Å². The molecule has 0 aromatic heterocycles. The van der Waals surface area contributed by atoms with E-state index < -0.39 is 17.6 Å². The second kappa shape index (κ2) is 9.15. The summed E-state index contributed by atoms with van der Waals surface area (Å²) in [6, 6.07) is 3.38. The minimum absolute atomic E-state index is 0.0100. The van der Waals surface area contributed by atoms with Gasteiger partial charge in [-0.25, -0.2) is 0 Å². The van der Waals surface area contributed by atoms with Crippen LogP contribution >= 0.6 is 0 Å². The van der Waals surface area contributed by atoms with E-state index >= 15 is 0 Å². The van der Waals surface area contributed by atoms with Gasteiger partial charge in [0.05, 0.1) is 12.1 Å². The smallest absolute Gasteiger partial charge is 0.352 e. The third-order valence-corrected chi connectivity index (χ3v) is 4.81. The number of likely N-dealkylation sites (tertiary alicyclic amines) is 1. The first-order valence-electron chi connectivity index (χ1n) is 9.84. The van der Waals surface area contributed by atoms with Crippen LogP contribution in [0.1, 0.15) is 55.1 Å². The van der Waals surface area contributed by atoms with Crippen LogP contribution in [0.15, 0.2) is 18.2 Å². The van der Waals surface area contributed by atoms with E-state index in [9.17, 15) is 22.8 Å². The summed E-state index contributed by atoms with van der Waals surface area (Å²) in [4.78, 5) is 26.4. The van der Waals surface area contributed by atoms with Crippen molar-refractivity contribution in [2.45, 2.75) is 52.3 Å². The number of aryl methyl sites for hydroxylation is 1. The van der Waals surface area contributed by atoms with Gasteiger partial charge in [0, 0.05) is 17.6 Å². The van der Waals surface area contributed by atoms with E-state index in [2.05, 4.69) is 15.5 Å². The summed E-state index contributed by atoms with van der Waals surface area (Å²) >= 11 is 0. The molecule has 1 aliphatic heterocycles. The zero-order valence-electron chi connectivity index (χ0n) is 17.4. The molecule has 1 fully saturated rings. The number of carbonyl (C=O) groups excluding carboxylic acids is 2. The van der Waals surface area contributed by atoms with Gasteiger partial charge < -0.3 is 10.6 Å². The topological polar surface area (TPSA) is 61.4 Å². The number of nitrogens with zero attached hydrogens (tertiary/aromatic N) is 1. The third-order valence-electron chi connectivity index (χ3n) is 4.81. The Kier molecular flexibility index (Phi) is 7.32. The number of halogens is 3. The Hall–Kier alpha value is -2.09. The Morgan fingerprint density at radius 2 is 1.72 bits per heavy atom. The SMILES string of the molecule is Cc1cc(C(=O)NCC2CCN(CC(=O)NC(C)(C)C)CC2)cc(C(F)(F)F)c1. The fourth-order valence-corrected chi connectivity index (χ4v) is 3.43. The molecule has 2 amide bonds. The highest BCUT2D eigenvalue weighted by molar-refractivity contribution is 5.94. The first-order valence-corrected chi connectivity index (χ1v) is 9.84. The van der Waals surface area contributed by atoms with Crippen LogP contribution in [-0.4, -0.2) is 48.4 Å². The van der Waals surface area contributed by atoms with E-state index in [1.807, 2.05) is 20.8 Å². The molecule has 0 saturated carbocycles. The Balaban J connectivity index is 1.81. The number of piperidine rings is 1. The Morgan fingerprint density at radius 3 is 2.28 bits per heavy atom. The standard InChI is InChI=1S/C21H30F3N3O2/c1-14-9-16(11-17(10-14)21(22,23)24)19(29)25-12-15-5-7-27(8-6-15)13-18(28)26-20(2,3)4/h9-11,15H,5-8,12-13H2,1-4H3,(H,25,29)(H,26,28). The Morgan fingerprint density at radius 1 is 1.10 bits per heavy atom. The number of rotatable bonds is 5. The molecule has 1 saturated heterocycles. The normalized spacial score (nSPS) is 16.5. The van der Waals surface area contributed by atoms with Crippen molar-refractivity contribution in [2.24, 2.45) is 5.92 Å². The number of amides is 2. The van der Waals surface area contributed by atoms with Crippen molar-refractivity contribution in [1.29, 1.82) is 0 Å². The van der Waals surface area contributed by atoms with Crippen molar-refractivity contribution in [3.05, 3.63) is 34.9 Å². The molecule has 5 nitrogen and oxygen atoms in total. The molecule has 0 spiro atoms. The fraction of sp³-hybridized carbons (Fsp3) is 0.619. The zero-order chi connectivity index (χ0) is 21.8. The van der Waals surface area contributed by atoms with Crippen molar-refractivity contribution in [2.75, 3.05) is 26.2 Å². The molecule has 29 heavy (non-hydrogen) atoms. The first kappa shape index (κ1) is 23.2. The molecule has 0 atom stereocenters. The number of carbonyl (C=O) groups is 2. The molecule has 162 valence electrons. The lowest BCUT2D eigenvalue weighted by atomic mass is 9.96. The van der Waals surface area contributed by atoms with Gasteiger partial charge in [0.2, 0.25) is 5.91 Å². The van der Waals surface area contributed by atoms with E-state index in [0.717, 1.165) is 38.1 Å². The molecule has 1 aromatic rings. The highest BCUT2D eigenvalue weighted by Gasteiger charge is 2.31. The van der Waals surface area contributed by atoms with Crippen molar-refractivity contribution >= 4 is 11.8 Å². The van der Waals surface area contributed by atoms with Crippen LogP contribution in [0, 0.1) is 12.8 Å².